The van der Waals surface area contributed by atoms with Crippen LogP contribution >= 0.6 is 11.9 Å². The summed E-state index contributed by atoms with van der Waals surface area (Å²) < 4.78 is 23.7. The number of amides is 1. The molecular formula is C17H24N6O9S. The van der Waals surface area contributed by atoms with Gasteiger partial charge in [0.2, 0.25) is 5.95 Å². The Morgan fingerprint density at radius 2 is 2.00 bits per heavy atom. The van der Waals surface area contributed by atoms with Crippen LogP contribution in [0.5, 0.6) is 0 Å². The van der Waals surface area contributed by atoms with E-state index < -0.39 is 36.5 Å². The molecule has 15 nitrogen and oxygen atoms in total. The molecule has 182 valence electrons. The van der Waals surface area contributed by atoms with Gasteiger partial charge in [0.25, 0.3) is 5.91 Å². The van der Waals surface area contributed by atoms with E-state index in [2.05, 4.69) is 19.9 Å². The van der Waals surface area contributed by atoms with Gasteiger partial charge in [0, 0.05) is 30.0 Å². The predicted octanol–water partition coefficient (Wildman–Crippen LogP) is 2.15. The number of aromatic nitrogens is 2. The second kappa shape index (κ2) is 13.9. The van der Waals surface area contributed by atoms with Crippen molar-refractivity contribution in [3.63, 3.8) is 0 Å². The summed E-state index contributed by atoms with van der Waals surface area (Å²) in [6, 6.07) is 0. The molecule has 2 rings (SSSR count). The Balaban J connectivity index is 0.000000981. The molecule has 1 amide bonds. The minimum absolute atomic E-state index is 0.0134. The highest BCUT2D eigenvalue weighted by atomic mass is 32.2. The molecule has 0 radical (unpaired) electrons. The maximum Gasteiger partial charge on any atom is 0.508 e. The minimum Gasteiger partial charge on any atom is -0.463 e. The quantitative estimate of drug-likeness (QED) is 0.305. The van der Waals surface area contributed by atoms with E-state index in [0.717, 1.165) is 6.92 Å². The van der Waals surface area contributed by atoms with E-state index in [9.17, 15) is 19.3 Å². The number of nitrogen functional groups attached to an aromatic ring is 1. The van der Waals surface area contributed by atoms with E-state index >= 15 is 0 Å². The normalized spacial score (nSPS) is 19.0. The fourth-order valence-electron chi connectivity index (χ4n) is 2.37. The van der Waals surface area contributed by atoms with Gasteiger partial charge in [-0.2, -0.15) is 4.98 Å². The molecule has 0 bridgehead atoms. The Bertz CT molecular complexity index is 856. The zero-order chi connectivity index (χ0) is 25.0. The fraction of sp³-hybridized carbons (Fsp3) is 0.588. The Kier molecular flexibility index (Phi) is 11.6. The number of rotatable bonds is 8. The summed E-state index contributed by atoms with van der Waals surface area (Å²) >= 11 is 0.623. The Morgan fingerprint density at radius 1 is 1.33 bits per heavy atom. The Hall–Kier alpha value is -3.40. The number of hydrogen-bond acceptors (Lipinski definition) is 15. The van der Waals surface area contributed by atoms with E-state index in [0.29, 0.717) is 16.8 Å². The molecule has 2 heterocycles. The van der Waals surface area contributed by atoms with Crippen LogP contribution in [0.25, 0.3) is 0 Å². The summed E-state index contributed by atoms with van der Waals surface area (Å²) in [5.74, 6) is -0.952. The third kappa shape index (κ3) is 10.6. The van der Waals surface area contributed by atoms with Crippen molar-refractivity contribution in [1.29, 1.82) is 0 Å². The number of ether oxygens (including phenoxy) is 4. The molecule has 3 N–H and O–H groups in total. The number of nitroso groups, excluding NO2 is 2. The first-order valence-corrected chi connectivity index (χ1v) is 10.2. The second-order valence-electron chi connectivity index (χ2n) is 6.64. The summed E-state index contributed by atoms with van der Waals surface area (Å²) in [6.45, 7) is 5.62. The molecule has 33 heavy (non-hydrogen) atoms. The molecule has 1 aromatic rings. The van der Waals surface area contributed by atoms with E-state index in [1.54, 1.807) is 13.8 Å². The minimum atomic E-state index is -0.857. The number of carbonyl (C=O) groups is 3. The van der Waals surface area contributed by atoms with Gasteiger partial charge in [-0.25, -0.2) is 9.78 Å². The van der Waals surface area contributed by atoms with E-state index in [-0.39, 0.29) is 30.9 Å². The molecule has 1 aromatic heterocycles. The molecule has 0 aliphatic carbocycles. The molecule has 0 aromatic carbocycles. The first kappa shape index (κ1) is 27.6. The number of anilines is 2. The van der Waals surface area contributed by atoms with Gasteiger partial charge >= 0.3 is 12.1 Å². The van der Waals surface area contributed by atoms with Crippen molar-refractivity contribution in [3.05, 3.63) is 16.0 Å². The summed E-state index contributed by atoms with van der Waals surface area (Å²) in [7, 11) is 0. The van der Waals surface area contributed by atoms with Crippen molar-refractivity contribution < 1.29 is 33.3 Å². The Morgan fingerprint density at radius 3 is 2.55 bits per heavy atom. The third-order valence-corrected chi connectivity index (χ3v) is 4.14. The summed E-state index contributed by atoms with van der Waals surface area (Å²) in [5, 5.41) is 4.95. The lowest BCUT2D eigenvalue weighted by Crippen LogP contribution is -2.32. The van der Waals surface area contributed by atoms with Crippen LogP contribution in [-0.4, -0.2) is 59.1 Å². The monoisotopic (exact) mass is 488 g/mol. The van der Waals surface area contributed by atoms with Gasteiger partial charge in [-0.05, 0) is 13.8 Å². The molecule has 1 fully saturated rings. The van der Waals surface area contributed by atoms with Gasteiger partial charge in [0.15, 0.2) is 0 Å². The van der Waals surface area contributed by atoms with Crippen molar-refractivity contribution in [1.82, 2.24) is 9.97 Å². The van der Waals surface area contributed by atoms with Crippen LogP contribution in [0.2, 0.25) is 0 Å². The first-order chi connectivity index (χ1) is 15.5. The molecular weight excluding hydrogens is 464 g/mol. The maximum absolute atomic E-state index is 11.8. The number of carbonyl (C=O) groups excluding carboxylic acids is 3. The molecule has 0 spiro atoms. The smallest absolute Gasteiger partial charge is 0.463 e. The Labute approximate surface area is 192 Å². The van der Waals surface area contributed by atoms with E-state index in [1.807, 2.05) is 5.18 Å². The number of nitrogens with two attached hydrogens (primary N) is 1. The SMILES string of the molecule is CC(=O)N=O.CC(=O)OCC1OC(Nc2nc(N)ncc2SN=O)CC1OC(=O)OC(C)C. The average molecular weight is 488 g/mol. The third-order valence-electron chi connectivity index (χ3n) is 3.57. The van der Waals surface area contributed by atoms with Gasteiger partial charge in [0.1, 0.15) is 30.9 Å². The van der Waals surface area contributed by atoms with Crippen LogP contribution in [0.15, 0.2) is 20.9 Å². The van der Waals surface area contributed by atoms with Crippen molar-refractivity contribution in [2.24, 2.45) is 9.76 Å². The lowest BCUT2D eigenvalue weighted by Gasteiger charge is -2.18. The second-order valence-corrected chi connectivity index (χ2v) is 7.41. The molecule has 1 saturated heterocycles. The topological polar surface area (TPSA) is 211 Å². The summed E-state index contributed by atoms with van der Waals surface area (Å²) in [5.41, 5.74) is 5.58. The molecule has 1 aliphatic heterocycles. The van der Waals surface area contributed by atoms with Crippen LogP contribution in [-0.2, 0) is 28.5 Å². The molecule has 0 saturated carbocycles. The van der Waals surface area contributed by atoms with Gasteiger partial charge < -0.3 is 30.0 Å². The van der Waals surface area contributed by atoms with Crippen molar-refractivity contribution in [2.75, 3.05) is 17.7 Å². The zero-order valence-corrected chi connectivity index (χ0v) is 19.1. The predicted molar refractivity (Wildman–Crippen MR) is 115 cm³/mol. The highest BCUT2D eigenvalue weighted by molar-refractivity contribution is 7.98. The van der Waals surface area contributed by atoms with Gasteiger partial charge in [-0.1, -0.05) is 0 Å². The number of esters is 1. The van der Waals surface area contributed by atoms with Crippen molar-refractivity contribution >= 4 is 41.7 Å². The number of hydrogen-bond donors (Lipinski definition) is 2. The molecule has 1 aliphatic rings. The van der Waals surface area contributed by atoms with Crippen LogP contribution < -0.4 is 11.1 Å². The standard InChI is InChI=1S/C15H21N5O7S.C2H3NO2/c1-7(2)25-15(22)27-9-4-12(26-10(9)6-24-8(3)21)18-13-11(28-20-23)5-17-14(16)19-13;1-2(4)3-5/h5,7,9-10,12H,4,6H2,1-3H3,(H3,16,17,18,19);1H3. The van der Waals surface area contributed by atoms with Crippen LogP contribution in [0.4, 0.5) is 16.6 Å². The van der Waals surface area contributed by atoms with Crippen LogP contribution in [0.3, 0.4) is 0 Å². The lowest BCUT2D eigenvalue weighted by atomic mass is 10.2. The number of nitrogens with one attached hydrogen (secondary N) is 1. The van der Waals surface area contributed by atoms with Crippen molar-refractivity contribution in [3.8, 4) is 0 Å². The molecule has 3 atom stereocenters. The first-order valence-electron chi connectivity index (χ1n) is 9.44. The molecule has 3 unspecified atom stereocenters. The lowest BCUT2D eigenvalue weighted by molar-refractivity contribution is -0.146. The van der Waals surface area contributed by atoms with Crippen molar-refractivity contribution in [2.45, 2.75) is 63.6 Å². The van der Waals surface area contributed by atoms with Gasteiger partial charge in [-0.3, -0.25) is 9.59 Å². The average Bonchev–Trinajstić information content (AvgIpc) is 3.09. The fourth-order valence-corrected chi connectivity index (χ4v) is 2.74. The maximum atomic E-state index is 11.8. The molecule has 16 heteroatoms. The summed E-state index contributed by atoms with van der Waals surface area (Å²) in [6.07, 6.45) is -1.78. The highest BCUT2D eigenvalue weighted by Crippen LogP contribution is 2.30. The number of nitrogens with zero attached hydrogens (tertiary/aromatic N) is 4. The highest BCUT2D eigenvalue weighted by Gasteiger charge is 2.39. The van der Waals surface area contributed by atoms with E-state index in [1.165, 1.54) is 13.1 Å². The van der Waals surface area contributed by atoms with Crippen LogP contribution in [0, 0.1) is 9.81 Å². The largest absolute Gasteiger partial charge is 0.508 e. The van der Waals surface area contributed by atoms with Gasteiger partial charge in [-0.15, -0.1) is 9.81 Å². The van der Waals surface area contributed by atoms with Gasteiger partial charge in [0.05, 0.1) is 29.1 Å². The van der Waals surface area contributed by atoms with Crippen LogP contribution in [0.1, 0.15) is 34.1 Å². The summed E-state index contributed by atoms with van der Waals surface area (Å²) in [4.78, 5) is 59.9. The zero-order valence-electron chi connectivity index (χ0n) is 18.2. The van der Waals surface area contributed by atoms with E-state index in [4.69, 9.17) is 29.6 Å².